The lowest BCUT2D eigenvalue weighted by atomic mass is 9.87. The number of fused-ring (bicyclic) bond motifs is 1. The summed E-state index contributed by atoms with van der Waals surface area (Å²) in [7, 11) is 0. The van der Waals surface area contributed by atoms with Crippen molar-refractivity contribution in [2.45, 2.75) is 52.0 Å². The molecule has 1 saturated heterocycles. The Labute approximate surface area is 186 Å². The van der Waals surface area contributed by atoms with E-state index in [4.69, 9.17) is 4.42 Å². The third kappa shape index (κ3) is 3.53. The number of hydrogen-bond donors (Lipinski definition) is 2. The van der Waals surface area contributed by atoms with E-state index in [2.05, 4.69) is 24.6 Å². The zero-order chi connectivity index (χ0) is 23.0. The molecule has 3 aromatic rings. The molecule has 0 radical (unpaired) electrons. The van der Waals surface area contributed by atoms with Crippen LogP contribution in [0.5, 0.6) is 0 Å². The van der Waals surface area contributed by atoms with Gasteiger partial charge in [-0.1, -0.05) is 51.1 Å². The molecule has 0 saturated carbocycles. The largest absolute Gasteiger partial charge is 0.464 e. The van der Waals surface area contributed by atoms with E-state index in [1.807, 2.05) is 44.2 Å². The van der Waals surface area contributed by atoms with E-state index in [-0.39, 0.29) is 6.42 Å². The molecule has 1 fully saturated rings. The highest BCUT2D eigenvalue weighted by Crippen LogP contribution is 2.32. The van der Waals surface area contributed by atoms with Crippen LogP contribution in [0.15, 0.2) is 53.1 Å². The summed E-state index contributed by atoms with van der Waals surface area (Å²) in [4.78, 5) is 38.6. The summed E-state index contributed by atoms with van der Waals surface area (Å²) < 4.78 is 5.65. The standard InChI is InChI=1S/C25H27N3O4/c1-5-25(18-9-7-6-8-10-18)23(30)28(24(31)26-25)27-22(29)12-17-14-32-21-11-16(4)19(15(2)3)13-20(17)21/h6-11,13-15H,5,12H2,1-4H3,(H,26,31)(H,27,29)/t25-/m0/s1. The van der Waals surface area contributed by atoms with E-state index >= 15 is 0 Å². The number of nitrogens with zero attached hydrogens (tertiary/aromatic N) is 1. The Balaban J connectivity index is 1.55. The highest BCUT2D eigenvalue weighted by Gasteiger charge is 2.52. The fraction of sp³-hybridized carbons (Fsp3) is 0.320. The number of aryl methyl sites for hydroxylation is 1. The van der Waals surface area contributed by atoms with Crippen molar-refractivity contribution >= 4 is 28.8 Å². The van der Waals surface area contributed by atoms with Gasteiger partial charge in [0.1, 0.15) is 11.1 Å². The average molecular weight is 434 g/mol. The Morgan fingerprint density at radius 1 is 1.19 bits per heavy atom. The number of benzene rings is 2. The van der Waals surface area contributed by atoms with Gasteiger partial charge in [-0.25, -0.2) is 4.79 Å². The Kier molecular flexibility index (Phi) is 5.50. The van der Waals surface area contributed by atoms with Gasteiger partial charge in [-0.3, -0.25) is 15.0 Å². The van der Waals surface area contributed by atoms with Gasteiger partial charge in [0.25, 0.3) is 5.91 Å². The summed E-state index contributed by atoms with van der Waals surface area (Å²) >= 11 is 0. The van der Waals surface area contributed by atoms with Gasteiger partial charge in [-0.05, 0) is 48.1 Å². The van der Waals surface area contributed by atoms with Crippen LogP contribution in [0.4, 0.5) is 4.79 Å². The van der Waals surface area contributed by atoms with Crippen LogP contribution in [0.1, 0.15) is 55.4 Å². The number of imide groups is 1. The molecule has 2 heterocycles. The van der Waals surface area contributed by atoms with Gasteiger partial charge in [0, 0.05) is 10.9 Å². The molecule has 0 spiro atoms. The molecular formula is C25H27N3O4. The van der Waals surface area contributed by atoms with Crippen molar-refractivity contribution < 1.29 is 18.8 Å². The van der Waals surface area contributed by atoms with E-state index in [9.17, 15) is 14.4 Å². The molecule has 4 amide bonds. The number of furan rings is 1. The SMILES string of the molecule is CC[C@@]1(c2ccccc2)NC(=O)N(NC(=O)Cc2coc3cc(C)c(C(C)C)cc23)C1=O. The van der Waals surface area contributed by atoms with E-state index in [1.54, 1.807) is 18.4 Å². The molecule has 0 bridgehead atoms. The van der Waals surface area contributed by atoms with Crippen molar-refractivity contribution in [3.8, 4) is 0 Å². The van der Waals surface area contributed by atoms with Gasteiger partial charge in [0.15, 0.2) is 0 Å². The number of nitrogens with one attached hydrogen (secondary N) is 2. The number of hydrazine groups is 1. The number of amides is 4. The van der Waals surface area contributed by atoms with Crippen LogP contribution < -0.4 is 10.7 Å². The van der Waals surface area contributed by atoms with Gasteiger partial charge in [0.2, 0.25) is 5.91 Å². The second-order valence-corrected chi connectivity index (χ2v) is 8.53. The molecule has 1 atom stereocenters. The highest BCUT2D eigenvalue weighted by molar-refractivity contribution is 6.08. The van der Waals surface area contributed by atoms with Crippen LogP contribution >= 0.6 is 0 Å². The number of urea groups is 1. The summed E-state index contributed by atoms with van der Waals surface area (Å²) in [6.45, 7) is 8.09. The minimum atomic E-state index is -1.20. The van der Waals surface area contributed by atoms with Crippen LogP contribution in [0.3, 0.4) is 0 Å². The number of rotatable bonds is 6. The minimum Gasteiger partial charge on any atom is -0.464 e. The number of carbonyl (C=O) groups is 3. The first-order valence-corrected chi connectivity index (χ1v) is 10.8. The van der Waals surface area contributed by atoms with Crippen LogP contribution in [0, 0.1) is 6.92 Å². The van der Waals surface area contributed by atoms with Crippen molar-refractivity contribution in [1.29, 1.82) is 0 Å². The summed E-state index contributed by atoms with van der Waals surface area (Å²) in [5, 5.41) is 4.40. The molecular weight excluding hydrogens is 406 g/mol. The Morgan fingerprint density at radius 3 is 2.56 bits per heavy atom. The van der Waals surface area contributed by atoms with Crippen molar-refractivity contribution in [2.75, 3.05) is 0 Å². The van der Waals surface area contributed by atoms with Crippen LogP contribution in [0.2, 0.25) is 0 Å². The van der Waals surface area contributed by atoms with Crippen molar-refractivity contribution in [3.05, 3.63) is 71.0 Å². The molecule has 2 N–H and O–H groups in total. The second kappa shape index (κ2) is 8.15. The summed E-state index contributed by atoms with van der Waals surface area (Å²) in [6.07, 6.45) is 1.90. The lowest BCUT2D eigenvalue weighted by molar-refractivity contribution is -0.139. The van der Waals surface area contributed by atoms with Gasteiger partial charge in [-0.2, -0.15) is 5.01 Å². The Hall–Kier alpha value is -3.61. The normalized spacial score (nSPS) is 18.5. The zero-order valence-electron chi connectivity index (χ0n) is 18.7. The monoisotopic (exact) mass is 433 g/mol. The maximum atomic E-state index is 13.2. The zero-order valence-corrected chi connectivity index (χ0v) is 18.7. The van der Waals surface area contributed by atoms with Crippen LogP contribution in [-0.4, -0.2) is 22.9 Å². The third-order valence-electron chi connectivity index (χ3n) is 6.14. The lowest BCUT2D eigenvalue weighted by Crippen LogP contribution is -2.49. The van der Waals surface area contributed by atoms with Gasteiger partial charge in [0.05, 0.1) is 12.7 Å². The maximum Gasteiger partial charge on any atom is 0.344 e. The third-order valence-corrected chi connectivity index (χ3v) is 6.14. The van der Waals surface area contributed by atoms with E-state index in [0.29, 0.717) is 29.0 Å². The first-order valence-electron chi connectivity index (χ1n) is 10.8. The fourth-order valence-electron chi connectivity index (χ4n) is 4.38. The van der Waals surface area contributed by atoms with E-state index < -0.39 is 23.4 Å². The van der Waals surface area contributed by atoms with Crippen molar-refractivity contribution in [3.63, 3.8) is 0 Å². The lowest BCUT2D eigenvalue weighted by Gasteiger charge is -2.25. The summed E-state index contributed by atoms with van der Waals surface area (Å²) in [5.74, 6) is -0.635. The quantitative estimate of drug-likeness (QED) is 0.567. The van der Waals surface area contributed by atoms with Crippen molar-refractivity contribution in [2.24, 2.45) is 0 Å². The molecule has 0 unspecified atom stereocenters. The number of hydrogen-bond acceptors (Lipinski definition) is 4. The van der Waals surface area contributed by atoms with Crippen LogP contribution in [0.25, 0.3) is 11.0 Å². The maximum absolute atomic E-state index is 13.2. The van der Waals surface area contributed by atoms with Crippen molar-refractivity contribution in [1.82, 2.24) is 15.8 Å². The minimum absolute atomic E-state index is 0.0187. The van der Waals surface area contributed by atoms with Gasteiger partial charge < -0.3 is 9.73 Å². The summed E-state index contributed by atoms with van der Waals surface area (Å²) in [5.41, 5.74) is 5.69. The van der Waals surface area contributed by atoms with Gasteiger partial charge in [-0.15, -0.1) is 0 Å². The molecule has 1 aromatic heterocycles. The molecule has 0 aliphatic carbocycles. The molecule has 4 rings (SSSR count). The first-order chi connectivity index (χ1) is 15.3. The smallest absolute Gasteiger partial charge is 0.344 e. The topological polar surface area (TPSA) is 91.7 Å². The molecule has 7 nitrogen and oxygen atoms in total. The average Bonchev–Trinajstić information content (AvgIpc) is 3.26. The van der Waals surface area contributed by atoms with E-state index in [0.717, 1.165) is 16.0 Å². The Morgan fingerprint density at radius 2 is 1.91 bits per heavy atom. The molecule has 1 aliphatic rings. The number of carbonyl (C=O) groups excluding carboxylic acids is 3. The molecule has 7 heteroatoms. The predicted octanol–water partition coefficient (Wildman–Crippen LogP) is 4.30. The second-order valence-electron chi connectivity index (χ2n) is 8.53. The molecule has 2 aromatic carbocycles. The molecule has 166 valence electrons. The molecule has 1 aliphatic heterocycles. The highest BCUT2D eigenvalue weighted by atomic mass is 16.3. The summed E-state index contributed by atoms with van der Waals surface area (Å²) in [6, 6.07) is 12.4. The molecule has 32 heavy (non-hydrogen) atoms. The van der Waals surface area contributed by atoms with E-state index in [1.165, 1.54) is 5.56 Å². The fourth-order valence-corrected chi connectivity index (χ4v) is 4.38. The Bertz CT molecular complexity index is 1200. The predicted molar refractivity (Wildman–Crippen MR) is 121 cm³/mol. The van der Waals surface area contributed by atoms with Gasteiger partial charge >= 0.3 is 6.03 Å². The van der Waals surface area contributed by atoms with Crippen LogP contribution in [-0.2, 0) is 21.5 Å². The first kappa shape index (κ1) is 21.6.